The van der Waals surface area contributed by atoms with E-state index in [0.29, 0.717) is 52.9 Å². The van der Waals surface area contributed by atoms with E-state index in [-0.39, 0.29) is 34.0 Å². The second-order valence-electron chi connectivity index (χ2n) is 12.4. The molecule has 0 saturated heterocycles. The molecule has 5 aromatic rings. The molecule has 4 aromatic carbocycles. The Labute approximate surface area is 283 Å². The van der Waals surface area contributed by atoms with E-state index in [0.717, 1.165) is 23.7 Å². The number of nitrogen functional groups attached to an aromatic ring is 2. The van der Waals surface area contributed by atoms with E-state index >= 15 is 0 Å². The van der Waals surface area contributed by atoms with E-state index < -0.39 is 46.4 Å². The van der Waals surface area contributed by atoms with Crippen LogP contribution < -0.4 is 11.5 Å². The lowest BCUT2D eigenvalue weighted by Crippen LogP contribution is -2.50. The van der Waals surface area contributed by atoms with Gasteiger partial charge in [0.05, 0.1) is 28.9 Å². The predicted octanol–water partition coefficient (Wildman–Crippen LogP) is 10.2. The van der Waals surface area contributed by atoms with E-state index in [9.17, 15) is 49.2 Å². The number of alkyl halides is 10. The molecule has 0 bridgehead atoms. The Morgan fingerprint density at radius 3 is 1.94 bits per heavy atom. The third-order valence-corrected chi connectivity index (χ3v) is 9.05. The molecule has 0 radical (unpaired) electrons. The Morgan fingerprint density at radius 1 is 0.745 bits per heavy atom. The smallest absolute Gasteiger partial charge is 0.399 e. The summed E-state index contributed by atoms with van der Waals surface area (Å²) in [5.41, 5.74) is 4.71. The van der Waals surface area contributed by atoms with Crippen molar-refractivity contribution in [3.63, 3.8) is 0 Å². The van der Waals surface area contributed by atoms with Crippen molar-refractivity contribution in [2.75, 3.05) is 11.5 Å². The van der Waals surface area contributed by atoms with Crippen LogP contribution in [0.2, 0.25) is 0 Å². The molecule has 5 nitrogen and oxygen atoms in total. The summed E-state index contributed by atoms with van der Waals surface area (Å²) in [6.45, 7) is 1.05. The lowest BCUT2D eigenvalue weighted by atomic mass is 9.86. The fraction of sp³-hybridized carbons (Fsp3) is 0.222. The van der Waals surface area contributed by atoms with Crippen LogP contribution >= 0.6 is 0 Å². The quantitative estimate of drug-likeness (QED) is 0.135. The zero-order chi connectivity index (χ0) is 37.3. The Bertz CT molecular complexity index is 2170. The molecule has 1 heterocycles. The molecule has 0 unspecified atom stereocenters. The van der Waals surface area contributed by atoms with Crippen LogP contribution in [0.15, 0.2) is 85.2 Å². The fourth-order valence-corrected chi connectivity index (χ4v) is 6.22. The minimum atomic E-state index is -6.38. The maximum atomic E-state index is 14.8. The van der Waals surface area contributed by atoms with Crippen molar-refractivity contribution in [2.45, 2.75) is 49.4 Å². The number of nitrogens with two attached hydrogens (primary N) is 2. The highest BCUT2D eigenvalue weighted by Gasteiger charge is 2.73. The zero-order valence-electron chi connectivity index (χ0n) is 26.3. The molecule has 1 fully saturated rings. The van der Waals surface area contributed by atoms with Gasteiger partial charge in [0.1, 0.15) is 0 Å². The van der Waals surface area contributed by atoms with E-state index in [1.807, 2.05) is 0 Å². The number of halogens is 10. The first kappa shape index (κ1) is 35.3. The number of para-hydroxylation sites is 1. The number of aromatic nitrogens is 2. The van der Waals surface area contributed by atoms with Gasteiger partial charge in [-0.3, -0.25) is 0 Å². The summed E-state index contributed by atoms with van der Waals surface area (Å²) in [5, 5.41) is 14.1. The Kier molecular flexibility index (Phi) is 8.16. The molecule has 15 heteroatoms. The maximum absolute atomic E-state index is 14.8. The number of rotatable bonds is 6. The summed E-state index contributed by atoms with van der Waals surface area (Å²) in [5.74, 6) is 0. The molecule has 1 aliphatic rings. The topological polar surface area (TPSA) is 93.6 Å². The molecule has 51 heavy (non-hydrogen) atoms. The van der Waals surface area contributed by atoms with E-state index in [4.69, 9.17) is 11.5 Å². The first-order valence-corrected chi connectivity index (χ1v) is 15.1. The largest absolute Gasteiger partial charge is 0.435 e. The van der Waals surface area contributed by atoms with Crippen LogP contribution in [0.1, 0.15) is 35.1 Å². The highest BCUT2D eigenvalue weighted by atomic mass is 19.4. The molecule has 4 N–H and O–H groups in total. The monoisotopic (exact) mass is 717 g/mol. The van der Waals surface area contributed by atoms with E-state index in [2.05, 4.69) is 11.2 Å². The number of hydrogen-bond acceptors (Lipinski definition) is 4. The van der Waals surface area contributed by atoms with Crippen molar-refractivity contribution in [3.8, 4) is 45.1 Å². The minimum Gasteiger partial charge on any atom is -0.399 e. The highest BCUT2D eigenvalue weighted by Crippen LogP contribution is 2.55. The molecule has 0 aliphatic heterocycles. The summed E-state index contributed by atoms with van der Waals surface area (Å²) in [6.07, 6.45) is -14.1. The van der Waals surface area contributed by atoms with Crippen LogP contribution in [0.3, 0.4) is 0 Å². The van der Waals surface area contributed by atoms with Gasteiger partial charge in [0.25, 0.3) is 0 Å². The molecule has 1 saturated carbocycles. The molecular weight excluding hydrogens is 692 g/mol. The van der Waals surface area contributed by atoms with E-state index in [1.165, 1.54) is 18.5 Å². The van der Waals surface area contributed by atoms with Gasteiger partial charge in [0.2, 0.25) is 0 Å². The Morgan fingerprint density at radius 2 is 1.39 bits per heavy atom. The van der Waals surface area contributed by atoms with Gasteiger partial charge < -0.3 is 11.5 Å². The van der Waals surface area contributed by atoms with Gasteiger partial charge in [-0.2, -0.15) is 49.9 Å². The predicted molar refractivity (Wildman–Crippen MR) is 170 cm³/mol. The van der Waals surface area contributed by atoms with Crippen molar-refractivity contribution in [1.29, 1.82) is 5.26 Å². The number of anilines is 2. The molecular formula is C36H25F10N5. The number of nitrogens with zero attached hydrogens (tertiary/aromatic N) is 3. The average molecular weight is 718 g/mol. The Balaban J connectivity index is 1.51. The summed E-state index contributed by atoms with van der Waals surface area (Å²) >= 11 is 0. The van der Waals surface area contributed by atoms with Gasteiger partial charge in [-0.05, 0) is 77.9 Å². The number of hydrogen-bond donors (Lipinski definition) is 2. The van der Waals surface area contributed by atoms with Gasteiger partial charge in [-0.15, -0.1) is 0 Å². The second kappa shape index (κ2) is 11.8. The fourth-order valence-electron chi connectivity index (χ4n) is 6.22. The van der Waals surface area contributed by atoms with Crippen LogP contribution in [0.25, 0.3) is 39.1 Å². The van der Waals surface area contributed by atoms with Crippen molar-refractivity contribution >= 4 is 11.4 Å². The minimum absolute atomic E-state index is 0.199. The molecule has 0 amide bonds. The van der Waals surface area contributed by atoms with Crippen LogP contribution in [-0.4, -0.2) is 22.1 Å². The summed E-state index contributed by atoms with van der Waals surface area (Å²) in [7, 11) is 0. The van der Waals surface area contributed by atoms with Gasteiger partial charge >= 0.3 is 24.2 Å². The first-order chi connectivity index (χ1) is 23.7. The van der Waals surface area contributed by atoms with Crippen molar-refractivity contribution in [2.24, 2.45) is 0 Å². The van der Waals surface area contributed by atoms with Crippen LogP contribution in [-0.2, 0) is 17.3 Å². The first-order valence-electron chi connectivity index (χ1n) is 15.1. The van der Waals surface area contributed by atoms with Gasteiger partial charge in [-0.25, -0.2) is 9.07 Å². The maximum Gasteiger partial charge on any atom is 0.435 e. The second-order valence-corrected chi connectivity index (χ2v) is 12.4. The van der Waals surface area contributed by atoms with Crippen LogP contribution in [0.4, 0.5) is 55.3 Å². The SMILES string of the molecule is Cc1cc(C(F)(C(F)(F)F)C(F)(F)F)ccc1-c1cccc(C(F)(F)F)c1-n1cc(-c2cc(-c3ccc(N)cc3)c(C3(C#N)CC3)cc2N)cn1. The number of aryl methyl sites for hydroxylation is 1. The van der Waals surface area contributed by atoms with Crippen LogP contribution in [0.5, 0.6) is 0 Å². The Hall–Kier alpha value is -5.52. The third-order valence-electron chi connectivity index (χ3n) is 9.05. The standard InChI is InChI=1S/C36H25F10N5/c1-19-13-22(33(37,35(41,42)43)36(44,45)46)7-10-24(19)25-3-2-4-28(34(38,39)40)31(25)51-17-21(16-50-51)27-14-26(20-5-8-23(48)9-6-20)29(15-30(27)49)32(18-47)11-12-32/h2-10,13-17H,11-12,48-49H2,1H3. The highest BCUT2D eigenvalue weighted by molar-refractivity contribution is 5.86. The lowest BCUT2D eigenvalue weighted by molar-refractivity contribution is -0.348. The molecule has 1 aliphatic carbocycles. The molecule has 0 spiro atoms. The van der Waals surface area contributed by atoms with Gasteiger partial charge in [0, 0.05) is 39.8 Å². The normalized spacial score (nSPS) is 14.7. The van der Waals surface area contributed by atoms with Crippen LogP contribution in [0, 0.1) is 18.3 Å². The summed E-state index contributed by atoms with van der Waals surface area (Å²) < 4.78 is 140. The molecule has 1 aromatic heterocycles. The van der Waals surface area contributed by atoms with Crippen molar-refractivity contribution < 1.29 is 43.9 Å². The van der Waals surface area contributed by atoms with Gasteiger partial charge in [-0.1, -0.05) is 42.5 Å². The molecule has 0 atom stereocenters. The summed E-state index contributed by atoms with van der Waals surface area (Å²) in [4.78, 5) is 0. The van der Waals surface area contributed by atoms with Gasteiger partial charge in [0.15, 0.2) is 0 Å². The zero-order valence-corrected chi connectivity index (χ0v) is 26.3. The molecule has 264 valence electrons. The lowest BCUT2D eigenvalue weighted by Gasteiger charge is -2.30. The third kappa shape index (κ3) is 5.92. The summed E-state index contributed by atoms with van der Waals surface area (Å²) in [6, 6.07) is 16.7. The average Bonchev–Trinajstić information content (AvgIpc) is 3.71. The van der Waals surface area contributed by atoms with Crippen molar-refractivity contribution in [3.05, 3.63) is 107 Å². The van der Waals surface area contributed by atoms with Crippen molar-refractivity contribution in [1.82, 2.24) is 9.78 Å². The van der Waals surface area contributed by atoms with E-state index in [1.54, 1.807) is 36.4 Å². The number of nitriles is 1. The molecule has 6 rings (SSSR count). The number of benzene rings is 4.